The Balaban J connectivity index is 0.00000380. The molecule has 0 aliphatic heterocycles. The van der Waals surface area contributed by atoms with E-state index in [2.05, 4.69) is 30.3 Å². The summed E-state index contributed by atoms with van der Waals surface area (Å²) < 4.78 is 0. The molecule has 0 bridgehead atoms. The SMILES string of the molecule is O=C([O-])c1ccc(-c2cccc(CN(CCCc3ccccc3)C(=O)CCc3ccccc3)c2)cc1.[Na+]. The predicted molar refractivity (Wildman–Crippen MR) is 141 cm³/mol. The monoisotopic (exact) mass is 499 g/mol. The molecule has 4 aromatic carbocycles. The van der Waals surface area contributed by atoms with Gasteiger partial charge in [0.2, 0.25) is 5.91 Å². The molecule has 0 aliphatic rings. The Morgan fingerprint density at radius 1 is 0.649 bits per heavy atom. The molecule has 0 spiro atoms. The molecule has 4 rings (SSSR count). The largest absolute Gasteiger partial charge is 1.00 e. The van der Waals surface area contributed by atoms with Gasteiger partial charge in [-0.25, -0.2) is 0 Å². The minimum absolute atomic E-state index is 0. The minimum Gasteiger partial charge on any atom is -0.545 e. The number of carbonyl (C=O) groups is 2. The number of aryl methyl sites for hydroxylation is 2. The van der Waals surface area contributed by atoms with Gasteiger partial charge in [-0.15, -0.1) is 0 Å². The number of hydrogen-bond acceptors (Lipinski definition) is 3. The summed E-state index contributed by atoms with van der Waals surface area (Å²) in [6, 6.07) is 35.2. The van der Waals surface area contributed by atoms with Crippen LogP contribution in [-0.4, -0.2) is 23.3 Å². The smallest absolute Gasteiger partial charge is 0.545 e. The second-order valence-corrected chi connectivity index (χ2v) is 8.96. The summed E-state index contributed by atoms with van der Waals surface area (Å²) in [4.78, 5) is 26.3. The Hall–Kier alpha value is -3.18. The van der Waals surface area contributed by atoms with Crippen molar-refractivity contribution < 1.29 is 44.3 Å². The Morgan fingerprint density at radius 3 is 1.86 bits per heavy atom. The predicted octanol–water partition coefficient (Wildman–Crippen LogP) is 2.32. The van der Waals surface area contributed by atoms with Gasteiger partial charge in [-0.05, 0) is 58.7 Å². The third-order valence-electron chi connectivity index (χ3n) is 6.31. The van der Waals surface area contributed by atoms with Gasteiger partial charge >= 0.3 is 29.6 Å². The van der Waals surface area contributed by atoms with Crippen LogP contribution in [0.1, 0.15) is 39.9 Å². The average molecular weight is 500 g/mol. The summed E-state index contributed by atoms with van der Waals surface area (Å²) in [6.45, 7) is 1.22. The number of nitrogens with zero attached hydrogens (tertiary/aromatic N) is 1. The van der Waals surface area contributed by atoms with Crippen LogP contribution in [0.2, 0.25) is 0 Å². The molecule has 4 aromatic rings. The standard InChI is InChI=1S/C32H31NO3.Na/c34-31(21-16-26-11-5-2-6-12-26)33(22-8-14-25-9-3-1-4-10-25)24-27-13-7-15-30(23-27)28-17-19-29(20-18-28)32(35)36;/h1-7,9-13,15,17-20,23H,8,14,16,21-22,24H2,(H,35,36);/q;+1/p-1. The third kappa shape index (κ3) is 8.71. The van der Waals surface area contributed by atoms with Crippen molar-refractivity contribution in [2.24, 2.45) is 0 Å². The topological polar surface area (TPSA) is 60.4 Å². The molecule has 182 valence electrons. The summed E-state index contributed by atoms with van der Waals surface area (Å²) in [5, 5.41) is 11.1. The van der Waals surface area contributed by atoms with Gasteiger partial charge in [0.15, 0.2) is 0 Å². The van der Waals surface area contributed by atoms with E-state index in [4.69, 9.17) is 0 Å². The maximum absolute atomic E-state index is 13.3. The van der Waals surface area contributed by atoms with Crippen molar-refractivity contribution in [2.75, 3.05) is 6.54 Å². The fourth-order valence-corrected chi connectivity index (χ4v) is 4.33. The molecule has 37 heavy (non-hydrogen) atoms. The molecule has 0 aromatic heterocycles. The Morgan fingerprint density at radius 2 is 1.24 bits per heavy atom. The number of carbonyl (C=O) groups excluding carboxylic acids is 2. The maximum atomic E-state index is 13.3. The van der Waals surface area contributed by atoms with Gasteiger partial charge in [-0.3, -0.25) is 4.79 Å². The number of carboxylic acid groups (broad SMARTS) is 1. The van der Waals surface area contributed by atoms with Crippen LogP contribution in [-0.2, 0) is 24.2 Å². The van der Waals surface area contributed by atoms with E-state index in [1.54, 1.807) is 24.3 Å². The number of benzene rings is 4. The van der Waals surface area contributed by atoms with Crippen molar-refractivity contribution in [3.63, 3.8) is 0 Å². The molecule has 1 amide bonds. The van der Waals surface area contributed by atoms with E-state index in [0.717, 1.165) is 41.5 Å². The molecule has 0 N–H and O–H groups in total. The van der Waals surface area contributed by atoms with Crippen LogP contribution in [0, 0.1) is 0 Å². The quantitative estimate of drug-likeness (QED) is 0.298. The first-order chi connectivity index (χ1) is 17.6. The molecule has 0 radical (unpaired) electrons. The third-order valence-corrected chi connectivity index (χ3v) is 6.31. The summed E-state index contributed by atoms with van der Waals surface area (Å²) >= 11 is 0. The molecule has 4 nitrogen and oxygen atoms in total. The van der Waals surface area contributed by atoms with Crippen LogP contribution in [0.3, 0.4) is 0 Å². The van der Waals surface area contributed by atoms with Gasteiger partial charge in [0.05, 0.1) is 5.97 Å². The Bertz CT molecular complexity index is 1270. The number of rotatable bonds is 11. The number of hydrogen-bond donors (Lipinski definition) is 0. The Kier molecular flexibility index (Phi) is 11.2. The molecule has 5 heteroatoms. The zero-order valence-electron chi connectivity index (χ0n) is 21.3. The van der Waals surface area contributed by atoms with Gasteiger partial charge in [0.1, 0.15) is 0 Å². The molecular formula is C32H30NNaO3. The first kappa shape index (κ1) is 28.4. The van der Waals surface area contributed by atoms with Gasteiger partial charge in [-0.2, -0.15) is 0 Å². The second-order valence-electron chi connectivity index (χ2n) is 8.96. The summed E-state index contributed by atoms with van der Waals surface area (Å²) in [7, 11) is 0. The first-order valence-corrected chi connectivity index (χ1v) is 12.3. The van der Waals surface area contributed by atoms with Crippen molar-refractivity contribution in [2.45, 2.75) is 32.2 Å². The van der Waals surface area contributed by atoms with E-state index < -0.39 is 5.97 Å². The zero-order valence-corrected chi connectivity index (χ0v) is 23.3. The fourth-order valence-electron chi connectivity index (χ4n) is 4.33. The van der Waals surface area contributed by atoms with Gasteiger partial charge < -0.3 is 14.8 Å². The normalized spacial score (nSPS) is 10.4. The number of carboxylic acids is 1. The van der Waals surface area contributed by atoms with E-state index >= 15 is 0 Å². The fraction of sp³-hybridized carbons (Fsp3) is 0.188. The van der Waals surface area contributed by atoms with Crippen LogP contribution in [0.5, 0.6) is 0 Å². The molecule has 0 heterocycles. The molecule has 0 aliphatic carbocycles. The van der Waals surface area contributed by atoms with E-state index in [1.807, 2.05) is 59.5 Å². The maximum Gasteiger partial charge on any atom is 1.00 e. The van der Waals surface area contributed by atoms with Crippen LogP contribution >= 0.6 is 0 Å². The molecule has 0 saturated carbocycles. The first-order valence-electron chi connectivity index (χ1n) is 12.3. The molecule has 0 saturated heterocycles. The van der Waals surface area contributed by atoms with Crippen LogP contribution in [0.25, 0.3) is 11.1 Å². The summed E-state index contributed by atoms with van der Waals surface area (Å²) in [5.74, 6) is -1.04. The molecule has 0 fully saturated rings. The summed E-state index contributed by atoms with van der Waals surface area (Å²) in [6.07, 6.45) is 3.01. The van der Waals surface area contributed by atoms with Crippen LogP contribution < -0.4 is 34.7 Å². The van der Waals surface area contributed by atoms with Crippen LogP contribution in [0.15, 0.2) is 109 Å². The van der Waals surface area contributed by atoms with Crippen molar-refractivity contribution in [1.29, 1.82) is 0 Å². The van der Waals surface area contributed by atoms with Crippen LogP contribution in [0.4, 0.5) is 0 Å². The van der Waals surface area contributed by atoms with Gasteiger partial charge in [0.25, 0.3) is 0 Å². The summed E-state index contributed by atoms with van der Waals surface area (Å²) in [5.41, 5.74) is 5.55. The van der Waals surface area contributed by atoms with Crippen molar-refractivity contribution in [1.82, 2.24) is 4.90 Å². The zero-order chi connectivity index (χ0) is 25.2. The van der Waals surface area contributed by atoms with Crippen molar-refractivity contribution >= 4 is 11.9 Å². The minimum atomic E-state index is -1.18. The second kappa shape index (κ2) is 14.5. The molecule has 0 unspecified atom stereocenters. The Labute approximate surface area is 241 Å². The van der Waals surface area contributed by atoms with Gasteiger partial charge in [-0.1, -0.05) is 103 Å². The molecular weight excluding hydrogens is 469 g/mol. The number of amides is 1. The average Bonchev–Trinajstić information content (AvgIpc) is 2.92. The number of aromatic carboxylic acids is 1. The van der Waals surface area contributed by atoms with E-state index in [-0.39, 0.29) is 41.0 Å². The van der Waals surface area contributed by atoms with Crippen molar-refractivity contribution in [3.05, 3.63) is 131 Å². The van der Waals surface area contributed by atoms with E-state index in [9.17, 15) is 14.7 Å². The van der Waals surface area contributed by atoms with E-state index in [0.29, 0.717) is 19.5 Å². The van der Waals surface area contributed by atoms with Gasteiger partial charge in [0, 0.05) is 19.5 Å². The van der Waals surface area contributed by atoms with E-state index in [1.165, 1.54) is 5.56 Å². The van der Waals surface area contributed by atoms with Crippen molar-refractivity contribution in [3.8, 4) is 11.1 Å². The molecule has 0 atom stereocenters.